The molecule has 0 saturated heterocycles. The summed E-state index contributed by atoms with van der Waals surface area (Å²) in [7, 11) is 0. The van der Waals surface area contributed by atoms with Gasteiger partial charge < -0.3 is 11.1 Å². The summed E-state index contributed by atoms with van der Waals surface area (Å²) >= 11 is 0. The van der Waals surface area contributed by atoms with Gasteiger partial charge in [-0.25, -0.2) is 4.79 Å². The summed E-state index contributed by atoms with van der Waals surface area (Å²) in [5, 5.41) is 2.93. The highest BCUT2D eigenvalue weighted by Crippen LogP contribution is 2.31. The molecule has 0 aliphatic carbocycles. The van der Waals surface area contributed by atoms with E-state index in [1.807, 2.05) is 18.2 Å². The lowest BCUT2D eigenvalue weighted by atomic mass is 10.1. The molecule has 17 heavy (non-hydrogen) atoms. The number of amides is 2. The average Bonchev–Trinajstić information content (AvgIpc) is 2.74. The Morgan fingerprint density at radius 3 is 3.12 bits per heavy atom. The highest BCUT2D eigenvalue weighted by Gasteiger charge is 2.25. The van der Waals surface area contributed by atoms with Crippen molar-refractivity contribution in [3.63, 3.8) is 0 Å². The van der Waals surface area contributed by atoms with Gasteiger partial charge in [-0.3, -0.25) is 4.90 Å². The van der Waals surface area contributed by atoms with Gasteiger partial charge in [0.25, 0.3) is 0 Å². The van der Waals surface area contributed by atoms with Crippen molar-refractivity contribution >= 4 is 17.4 Å². The van der Waals surface area contributed by atoms with Crippen LogP contribution in [0.2, 0.25) is 0 Å². The molecule has 0 saturated carbocycles. The van der Waals surface area contributed by atoms with E-state index in [2.05, 4.69) is 12.2 Å². The minimum Gasteiger partial charge on any atom is -0.398 e. The Kier molecular flexibility index (Phi) is 3.52. The lowest BCUT2D eigenvalue weighted by molar-refractivity contribution is 0.246. The standard InChI is InChI=1S/C13H19N3O/c1-2-3-8-15-13(17)16-9-7-10-11(14)5-4-6-12(10)16/h4-6H,2-3,7-9,14H2,1H3,(H,15,17). The Labute approximate surface area is 102 Å². The van der Waals surface area contributed by atoms with Gasteiger partial charge in [0.15, 0.2) is 0 Å². The zero-order valence-corrected chi connectivity index (χ0v) is 10.2. The SMILES string of the molecule is CCCCNC(=O)N1CCc2c(N)cccc21. The molecule has 2 amide bonds. The maximum atomic E-state index is 12.0. The molecule has 3 N–H and O–H groups in total. The predicted molar refractivity (Wildman–Crippen MR) is 70.2 cm³/mol. The van der Waals surface area contributed by atoms with Crippen LogP contribution in [0, 0.1) is 0 Å². The maximum Gasteiger partial charge on any atom is 0.321 e. The Morgan fingerprint density at radius 1 is 1.53 bits per heavy atom. The second kappa shape index (κ2) is 5.08. The number of urea groups is 1. The van der Waals surface area contributed by atoms with Gasteiger partial charge >= 0.3 is 6.03 Å². The third kappa shape index (κ3) is 2.35. The number of carbonyl (C=O) groups is 1. The van der Waals surface area contributed by atoms with Crippen LogP contribution in [0.15, 0.2) is 18.2 Å². The van der Waals surface area contributed by atoms with Crippen LogP contribution < -0.4 is 16.0 Å². The van der Waals surface area contributed by atoms with Crippen molar-refractivity contribution in [2.24, 2.45) is 0 Å². The molecule has 0 atom stereocenters. The minimum absolute atomic E-state index is 0.0113. The number of rotatable bonds is 3. The molecule has 0 unspecified atom stereocenters. The molecular weight excluding hydrogens is 214 g/mol. The number of nitrogens with zero attached hydrogens (tertiary/aromatic N) is 1. The van der Waals surface area contributed by atoms with E-state index in [0.717, 1.165) is 49.3 Å². The van der Waals surface area contributed by atoms with Crippen LogP contribution in [0.4, 0.5) is 16.2 Å². The molecule has 4 nitrogen and oxygen atoms in total. The minimum atomic E-state index is -0.0113. The zero-order chi connectivity index (χ0) is 12.3. The molecule has 92 valence electrons. The number of anilines is 2. The Hall–Kier alpha value is -1.71. The average molecular weight is 233 g/mol. The molecule has 1 aliphatic rings. The van der Waals surface area contributed by atoms with E-state index in [0.29, 0.717) is 0 Å². The fourth-order valence-electron chi connectivity index (χ4n) is 2.14. The van der Waals surface area contributed by atoms with Gasteiger partial charge in [-0.05, 0) is 25.0 Å². The molecule has 0 radical (unpaired) electrons. The largest absolute Gasteiger partial charge is 0.398 e. The lowest BCUT2D eigenvalue weighted by Crippen LogP contribution is -2.39. The number of nitrogen functional groups attached to an aromatic ring is 1. The summed E-state index contributed by atoms with van der Waals surface area (Å²) in [5.41, 5.74) is 8.73. The Morgan fingerprint density at radius 2 is 2.35 bits per heavy atom. The number of nitrogens with one attached hydrogen (secondary N) is 1. The second-order valence-electron chi connectivity index (χ2n) is 4.33. The quantitative estimate of drug-likeness (QED) is 0.620. The van der Waals surface area contributed by atoms with E-state index < -0.39 is 0 Å². The van der Waals surface area contributed by atoms with Crippen LogP contribution in [0.1, 0.15) is 25.3 Å². The van der Waals surface area contributed by atoms with E-state index in [1.54, 1.807) is 4.90 Å². The summed E-state index contributed by atoms with van der Waals surface area (Å²) in [6.45, 7) is 3.57. The number of carbonyl (C=O) groups excluding carboxylic acids is 1. The van der Waals surface area contributed by atoms with Crippen molar-refractivity contribution < 1.29 is 4.79 Å². The second-order valence-corrected chi connectivity index (χ2v) is 4.33. The summed E-state index contributed by atoms with van der Waals surface area (Å²) in [6.07, 6.45) is 2.95. The first-order valence-electron chi connectivity index (χ1n) is 6.16. The highest BCUT2D eigenvalue weighted by atomic mass is 16.2. The van der Waals surface area contributed by atoms with Gasteiger partial charge in [0.05, 0.1) is 5.69 Å². The van der Waals surface area contributed by atoms with Gasteiger partial charge in [0.1, 0.15) is 0 Å². The number of unbranched alkanes of at least 4 members (excludes halogenated alkanes) is 1. The maximum absolute atomic E-state index is 12.0. The highest BCUT2D eigenvalue weighted by molar-refractivity contribution is 5.95. The van der Waals surface area contributed by atoms with Crippen LogP contribution in [0.25, 0.3) is 0 Å². The first-order valence-corrected chi connectivity index (χ1v) is 6.16. The molecule has 0 bridgehead atoms. The fourth-order valence-corrected chi connectivity index (χ4v) is 2.14. The topological polar surface area (TPSA) is 58.4 Å². The van der Waals surface area contributed by atoms with Crippen LogP contribution in [-0.2, 0) is 6.42 Å². The Balaban J connectivity index is 2.06. The molecule has 0 spiro atoms. The molecule has 4 heteroatoms. The van der Waals surface area contributed by atoms with Gasteiger partial charge in [0, 0.05) is 24.3 Å². The lowest BCUT2D eigenvalue weighted by Gasteiger charge is -2.18. The van der Waals surface area contributed by atoms with Crippen molar-refractivity contribution in [3.8, 4) is 0 Å². The predicted octanol–water partition coefficient (Wildman–Crippen LogP) is 2.14. The van der Waals surface area contributed by atoms with Gasteiger partial charge in [-0.2, -0.15) is 0 Å². The van der Waals surface area contributed by atoms with Crippen LogP contribution in [-0.4, -0.2) is 19.1 Å². The van der Waals surface area contributed by atoms with Crippen molar-refractivity contribution in [1.82, 2.24) is 5.32 Å². The van der Waals surface area contributed by atoms with E-state index in [-0.39, 0.29) is 6.03 Å². The normalized spacial score (nSPS) is 13.6. The molecule has 2 rings (SSSR count). The third-order valence-electron chi connectivity index (χ3n) is 3.12. The van der Waals surface area contributed by atoms with E-state index >= 15 is 0 Å². The number of hydrogen-bond donors (Lipinski definition) is 2. The molecule has 1 aromatic carbocycles. The summed E-state index contributed by atoms with van der Waals surface area (Å²) < 4.78 is 0. The monoisotopic (exact) mass is 233 g/mol. The first kappa shape index (κ1) is 11.8. The van der Waals surface area contributed by atoms with Crippen molar-refractivity contribution in [2.75, 3.05) is 23.7 Å². The smallest absolute Gasteiger partial charge is 0.321 e. The van der Waals surface area contributed by atoms with Gasteiger partial charge in [-0.1, -0.05) is 19.4 Å². The number of hydrogen-bond acceptors (Lipinski definition) is 2. The number of nitrogens with two attached hydrogens (primary N) is 1. The van der Waals surface area contributed by atoms with Crippen molar-refractivity contribution in [2.45, 2.75) is 26.2 Å². The molecule has 0 aromatic heterocycles. The first-order chi connectivity index (χ1) is 8.24. The number of fused-ring (bicyclic) bond motifs is 1. The Bertz CT molecular complexity index is 417. The fraction of sp³-hybridized carbons (Fsp3) is 0.462. The van der Waals surface area contributed by atoms with E-state index in [4.69, 9.17) is 5.73 Å². The molecule has 1 aromatic rings. The van der Waals surface area contributed by atoms with E-state index in [9.17, 15) is 4.79 Å². The molecule has 1 heterocycles. The van der Waals surface area contributed by atoms with Crippen LogP contribution >= 0.6 is 0 Å². The van der Waals surface area contributed by atoms with Gasteiger partial charge in [-0.15, -0.1) is 0 Å². The summed E-state index contributed by atoms with van der Waals surface area (Å²) in [5.74, 6) is 0. The van der Waals surface area contributed by atoms with Crippen LogP contribution in [0.5, 0.6) is 0 Å². The van der Waals surface area contributed by atoms with Gasteiger partial charge in [0.2, 0.25) is 0 Å². The summed E-state index contributed by atoms with van der Waals surface area (Å²) in [4.78, 5) is 13.7. The number of benzene rings is 1. The zero-order valence-electron chi connectivity index (χ0n) is 10.2. The molecule has 1 aliphatic heterocycles. The molecular formula is C13H19N3O. The molecule has 0 fully saturated rings. The van der Waals surface area contributed by atoms with E-state index in [1.165, 1.54) is 0 Å². The van der Waals surface area contributed by atoms with Crippen molar-refractivity contribution in [3.05, 3.63) is 23.8 Å². The van der Waals surface area contributed by atoms with Crippen LogP contribution in [0.3, 0.4) is 0 Å². The summed E-state index contributed by atoms with van der Waals surface area (Å²) in [6, 6.07) is 5.73. The van der Waals surface area contributed by atoms with Crippen molar-refractivity contribution in [1.29, 1.82) is 0 Å². The third-order valence-corrected chi connectivity index (χ3v) is 3.12.